The van der Waals surface area contributed by atoms with E-state index in [4.69, 9.17) is 11.6 Å². The zero-order valence-electron chi connectivity index (χ0n) is 11.8. The van der Waals surface area contributed by atoms with Gasteiger partial charge in [0.05, 0.1) is 0 Å². The van der Waals surface area contributed by atoms with Crippen LogP contribution in [-0.2, 0) is 6.42 Å². The molecule has 0 aliphatic heterocycles. The molecule has 2 rings (SSSR count). The number of anilines is 1. The molecule has 1 aromatic carbocycles. The Morgan fingerprint density at radius 3 is 2.65 bits per heavy atom. The highest BCUT2D eigenvalue weighted by atomic mass is 35.5. The van der Waals surface area contributed by atoms with Crippen LogP contribution in [0.1, 0.15) is 29.6 Å². The molecule has 1 heterocycles. The SMILES string of the molecule is CCNc1nc(Cc2ccc(F)cc2Cl)nc(C)c1C. The van der Waals surface area contributed by atoms with Crippen molar-refractivity contribution in [3.05, 3.63) is 51.7 Å². The first-order valence-electron chi connectivity index (χ1n) is 6.53. The Labute approximate surface area is 123 Å². The third-order valence-electron chi connectivity index (χ3n) is 3.14. The first kappa shape index (κ1) is 14.7. The summed E-state index contributed by atoms with van der Waals surface area (Å²) in [5.74, 6) is 1.18. The molecule has 0 radical (unpaired) electrons. The summed E-state index contributed by atoms with van der Waals surface area (Å²) in [6, 6.07) is 4.37. The van der Waals surface area contributed by atoms with E-state index in [0.29, 0.717) is 17.3 Å². The number of halogens is 2. The Balaban J connectivity index is 2.33. The lowest BCUT2D eigenvalue weighted by atomic mass is 10.1. The van der Waals surface area contributed by atoms with Gasteiger partial charge in [-0.25, -0.2) is 14.4 Å². The highest BCUT2D eigenvalue weighted by Gasteiger charge is 2.10. The van der Waals surface area contributed by atoms with Crippen LogP contribution in [0.25, 0.3) is 0 Å². The average molecular weight is 294 g/mol. The minimum Gasteiger partial charge on any atom is -0.370 e. The van der Waals surface area contributed by atoms with Crippen LogP contribution in [-0.4, -0.2) is 16.5 Å². The van der Waals surface area contributed by atoms with Gasteiger partial charge in [0.15, 0.2) is 0 Å². The zero-order chi connectivity index (χ0) is 14.7. The minimum absolute atomic E-state index is 0.340. The maximum Gasteiger partial charge on any atom is 0.135 e. The quantitative estimate of drug-likeness (QED) is 0.929. The number of nitrogens with one attached hydrogen (secondary N) is 1. The Hall–Kier alpha value is -1.68. The topological polar surface area (TPSA) is 37.8 Å². The van der Waals surface area contributed by atoms with E-state index in [1.165, 1.54) is 12.1 Å². The van der Waals surface area contributed by atoms with Gasteiger partial charge in [-0.2, -0.15) is 0 Å². The normalized spacial score (nSPS) is 10.7. The monoisotopic (exact) mass is 293 g/mol. The molecule has 0 bridgehead atoms. The van der Waals surface area contributed by atoms with E-state index >= 15 is 0 Å². The van der Waals surface area contributed by atoms with E-state index in [1.807, 2.05) is 20.8 Å². The van der Waals surface area contributed by atoms with Crippen LogP contribution in [0.3, 0.4) is 0 Å². The fourth-order valence-electron chi connectivity index (χ4n) is 1.94. The van der Waals surface area contributed by atoms with Crippen LogP contribution in [0.4, 0.5) is 10.2 Å². The van der Waals surface area contributed by atoms with Gasteiger partial charge in [0, 0.05) is 29.2 Å². The van der Waals surface area contributed by atoms with Gasteiger partial charge in [-0.1, -0.05) is 17.7 Å². The summed E-state index contributed by atoms with van der Waals surface area (Å²) >= 11 is 6.04. The molecule has 5 heteroatoms. The molecule has 0 aliphatic carbocycles. The maximum atomic E-state index is 13.0. The molecule has 0 amide bonds. The average Bonchev–Trinajstić information content (AvgIpc) is 2.39. The van der Waals surface area contributed by atoms with E-state index in [0.717, 1.165) is 29.2 Å². The Morgan fingerprint density at radius 2 is 2.00 bits per heavy atom. The fourth-order valence-corrected chi connectivity index (χ4v) is 2.17. The molecule has 20 heavy (non-hydrogen) atoms. The predicted molar refractivity (Wildman–Crippen MR) is 79.9 cm³/mol. The molecule has 0 saturated heterocycles. The summed E-state index contributed by atoms with van der Waals surface area (Å²) in [4.78, 5) is 8.98. The van der Waals surface area contributed by atoms with Gasteiger partial charge in [-0.3, -0.25) is 0 Å². The highest BCUT2D eigenvalue weighted by molar-refractivity contribution is 6.31. The van der Waals surface area contributed by atoms with Crippen LogP contribution < -0.4 is 5.32 Å². The van der Waals surface area contributed by atoms with Gasteiger partial charge in [0.2, 0.25) is 0 Å². The summed E-state index contributed by atoms with van der Waals surface area (Å²) in [5, 5.41) is 3.62. The number of rotatable bonds is 4. The van der Waals surface area contributed by atoms with Crippen molar-refractivity contribution in [1.29, 1.82) is 0 Å². The van der Waals surface area contributed by atoms with Gasteiger partial charge in [-0.15, -0.1) is 0 Å². The smallest absolute Gasteiger partial charge is 0.135 e. The van der Waals surface area contributed by atoms with Crippen molar-refractivity contribution in [2.24, 2.45) is 0 Å². The number of nitrogens with zero attached hydrogens (tertiary/aromatic N) is 2. The van der Waals surface area contributed by atoms with Gasteiger partial charge in [0.25, 0.3) is 0 Å². The molecule has 0 spiro atoms. The molecule has 0 aliphatic rings. The number of hydrogen-bond donors (Lipinski definition) is 1. The molecule has 1 aromatic heterocycles. The first-order valence-corrected chi connectivity index (χ1v) is 6.91. The molecule has 0 saturated carbocycles. The van der Waals surface area contributed by atoms with Crippen molar-refractivity contribution in [2.75, 3.05) is 11.9 Å². The van der Waals surface area contributed by atoms with Crippen molar-refractivity contribution in [2.45, 2.75) is 27.2 Å². The fraction of sp³-hybridized carbons (Fsp3) is 0.333. The van der Waals surface area contributed by atoms with Crippen LogP contribution >= 0.6 is 11.6 Å². The molecular weight excluding hydrogens is 277 g/mol. The number of aromatic nitrogens is 2. The Bertz CT molecular complexity index is 629. The molecule has 0 fully saturated rings. The van der Waals surface area contributed by atoms with E-state index < -0.39 is 0 Å². The molecule has 0 unspecified atom stereocenters. The third kappa shape index (κ3) is 3.25. The van der Waals surface area contributed by atoms with Crippen molar-refractivity contribution in [1.82, 2.24) is 9.97 Å². The lowest BCUT2D eigenvalue weighted by Gasteiger charge is -2.11. The summed E-state index contributed by atoms with van der Waals surface area (Å²) in [6.45, 7) is 6.76. The van der Waals surface area contributed by atoms with Gasteiger partial charge in [0.1, 0.15) is 17.5 Å². The second kappa shape index (κ2) is 6.18. The Kier molecular flexibility index (Phi) is 4.55. The Morgan fingerprint density at radius 1 is 1.25 bits per heavy atom. The highest BCUT2D eigenvalue weighted by Crippen LogP contribution is 2.21. The van der Waals surface area contributed by atoms with Crippen LogP contribution in [0.2, 0.25) is 5.02 Å². The maximum absolute atomic E-state index is 13.0. The standard InChI is InChI=1S/C15H17ClFN3/c1-4-18-15-9(2)10(3)19-14(20-15)7-11-5-6-12(17)8-13(11)16/h5-6,8H,4,7H2,1-3H3,(H,18,19,20). The van der Waals surface area contributed by atoms with E-state index in [-0.39, 0.29) is 5.82 Å². The molecule has 3 nitrogen and oxygen atoms in total. The summed E-state index contributed by atoms with van der Waals surface area (Å²) in [7, 11) is 0. The van der Waals surface area contributed by atoms with E-state index in [2.05, 4.69) is 15.3 Å². The summed E-state index contributed by atoms with van der Waals surface area (Å²) in [5.41, 5.74) is 2.80. The third-order valence-corrected chi connectivity index (χ3v) is 3.50. The van der Waals surface area contributed by atoms with Crippen LogP contribution in [0, 0.1) is 19.7 Å². The largest absolute Gasteiger partial charge is 0.370 e. The van der Waals surface area contributed by atoms with Crippen molar-refractivity contribution >= 4 is 17.4 Å². The number of hydrogen-bond acceptors (Lipinski definition) is 3. The first-order chi connectivity index (χ1) is 9.51. The van der Waals surface area contributed by atoms with Gasteiger partial charge in [-0.05, 0) is 38.5 Å². The molecule has 1 N–H and O–H groups in total. The van der Waals surface area contributed by atoms with Crippen molar-refractivity contribution in [3.63, 3.8) is 0 Å². The number of aryl methyl sites for hydroxylation is 1. The predicted octanol–water partition coefficient (Wildman–Crippen LogP) is 3.91. The molecule has 106 valence electrons. The molecular formula is C15H17ClFN3. The number of benzene rings is 1. The summed E-state index contributed by atoms with van der Waals surface area (Å²) in [6.07, 6.45) is 0.485. The molecule has 2 aromatic rings. The van der Waals surface area contributed by atoms with Crippen molar-refractivity contribution in [3.8, 4) is 0 Å². The van der Waals surface area contributed by atoms with E-state index in [9.17, 15) is 4.39 Å². The van der Waals surface area contributed by atoms with Gasteiger partial charge < -0.3 is 5.32 Å². The van der Waals surface area contributed by atoms with Gasteiger partial charge >= 0.3 is 0 Å². The lowest BCUT2D eigenvalue weighted by Crippen LogP contribution is -2.08. The zero-order valence-corrected chi connectivity index (χ0v) is 12.6. The summed E-state index contributed by atoms with van der Waals surface area (Å²) < 4.78 is 13.0. The molecule has 0 atom stereocenters. The van der Waals surface area contributed by atoms with E-state index in [1.54, 1.807) is 6.07 Å². The second-order valence-electron chi connectivity index (χ2n) is 4.64. The van der Waals surface area contributed by atoms with Crippen LogP contribution in [0.5, 0.6) is 0 Å². The minimum atomic E-state index is -0.340. The lowest BCUT2D eigenvalue weighted by molar-refractivity contribution is 0.627. The van der Waals surface area contributed by atoms with Crippen molar-refractivity contribution < 1.29 is 4.39 Å². The second-order valence-corrected chi connectivity index (χ2v) is 5.05. The van der Waals surface area contributed by atoms with Crippen LogP contribution in [0.15, 0.2) is 18.2 Å².